The fourth-order valence-electron chi connectivity index (χ4n) is 1.38. The Balaban J connectivity index is 2.27. The van der Waals surface area contributed by atoms with Gasteiger partial charge in [0.05, 0.1) is 16.3 Å². The number of hydrogen-bond donors (Lipinski definition) is 2. The number of halogens is 4. The lowest BCUT2D eigenvalue weighted by molar-refractivity contribution is -0.137. The number of benzene rings is 1. The van der Waals surface area contributed by atoms with Gasteiger partial charge in [-0.25, -0.2) is 4.98 Å². The molecule has 3 N–H and O–H groups in total. The number of carbonyl (C=O) groups excluding carboxylic acids is 1. The van der Waals surface area contributed by atoms with Gasteiger partial charge in [-0.05, 0) is 18.2 Å². The maximum atomic E-state index is 12.6. The first-order valence-electron chi connectivity index (χ1n) is 5.16. The highest BCUT2D eigenvalue weighted by atomic mass is 35.5. The fraction of sp³-hybridized carbons (Fsp3) is 0.0909. The summed E-state index contributed by atoms with van der Waals surface area (Å²) >= 11 is 6.81. The molecule has 1 aromatic carbocycles. The largest absolute Gasteiger partial charge is 0.416 e. The Morgan fingerprint density at radius 2 is 2.10 bits per heavy atom. The SMILES string of the molecule is Nc1nc(C(=O)Nc2cc(C(F)(F)F)ccc2Cl)cs1. The first-order chi connectivity index (χ1) is 9.27. The van der Waals surface area contributed by atoms with Crippen molar-refractivity contribution in [1.29, 1.82) is 0 Å². The first-order valence-corrected chi connectivity index (χ1v) is 6.42. The molecule has 106 valence electrons. The molecule has 0 aliphatic rings. The summed E-state index contributed by atoms with van der Waals surface area (Å²) in [5.41, 5.74) is 4.34. The van der Waals surface area contributed by atoms with Crippen molar-refractivity contribution in [3.63, 3.8) is 0 Å². The van der Waals surface area contributed by atoms with Crippen molar-refractivity contribution in [3.8, 4) is 0 Å². The monoisotopic (exact) mass is 321 g/mol. The second kappa shape index (κ2) is 5.29. The van der Waals surface area contributed by atoms with Crippen molar-refractivity contribution in [2.75, 3.05) is 11.1 Å². The lowest BCUT2D eigenvalue weighted by Gasteiger charge is -2.11. The molecule has 2 aromatic rings. The molecule has 9 heteroatoms. The minimum atomic E-state index is -4.52. The number of amides is 1. The maximum absolute atomic E-state index is 12.6. The van der Waals surface area contributed by atoms with Gasteiger partial charge in [-0.2, -0.15) is 13.2 Å². The summed E-state index contributed by atoms with van der Waals surface area (Å²) in [5, 5.41) is 3.85. The van der Waals surface area contributed by atoms with E-state index in [2.05, 4.69) is 10.3 Å². The lowest BCUT2D eigenvalue weighted by Crippen LogP contribution is -2.14. The van der Waals surface area contributed by atoms with E-state index in [1.54, 1.807) is 0 Å². The summed E-state index contributed by atoms with van der Waals surface area (Å²) in [4.78, 5) is 15.5. The Labute approximate surface area is 120 Å². The van der Waals surface area contributed by atoms with Gasteiger partial charge < -0.3 is 11.1 Å². The van der Waals surface area contributed by atoms with Gasteiger partial charge in [0.1, 0.15) is 5.69 Å². The number of nitrogen functional groups attached to an aromatic ring is 1. The molecule has 0 saturated carbocycles. The van der Waals surface area contributed by atoms with Gasteiger partial charge in [0, 0.05) is 5.38 Å². The van der Waals surface area contributed by atoms with E-state index in [0.29, 0.717) is 0 Å². The summed E-state index contributed by atoms with van der Waals surface area (Å²) in [6.45, 7) is 0. The Hall–Kier alpha value is -1.80. The van der Waals surface area contributed by atoms with E-state index in [1.165, 1.54) is 5.38 Å². The number of thiazole rings is 1. The van der Waals surface area contributed by atoms with Gasteiger partial charge in [0.15, 0.2) is 5.13 Å². The third kappa shape index (κ3) is 3.20. The zero-order valence-corrected chi connectivity index (χ0v) is 11.2. The van der Waals surface area contributed by atoms with E-state index >= 15 is 0 Å². The zero-order chi connectivity index (χ0) is 14.9. The van der Waals surface area contributed by atoms with Gasteiger partial charge in [-0.1, -0.05) is 11.6 Å². The molecule has 0 saturated heterocycles. The summed E-state index contributed by atoms with van der Waals surface area (Å²) in [6, 6.07) is 2.66. The van der Waals surface area contributed by atoms with Crippen LogP contribution in [-0.2, 0) is 6.18 Å². The molecule has 0 spiro atoms. The van der Waals surface area contributed by atoms with Gasteiger partial charge in [-0.3, -0.25) is 4.79 Å². The molecule has 20 heavy (non-hydrogen) atoms. The van der Waals surface area contributed by atoms with Gasteiger partial charge >= 0.3 is 6.18 Å². The van der Waals surface area contributed by atoms with Crippen LogP contribution in [0.1, 0.15) is 16.1 Å². The highest BCUT2D eigenvalue weighted by Crippen LogP contribution is 2.34. The number of nitrogens with one attached hydrogen (secondary N) is 1. The van der Waals surface area contributed by atoms with Crippen LogP contribution in [0.25, 0.3) is 0 Å². The first kappa shape index (κ1) is 14.6. The minimum absolute atomic E-state index is 0.00504. The Morgan fingerprint density at radius 3 is 2.65 bits per heavy atom. The number of carbonyl (C=O) groups is 1. The number of rotatable bonds is 2. The van der Waals surface area contributed by atoms with E-state index in [-0.39, 0.29) is 21.5 Å². The van der Waals surface area contributed by atoms with E-state index < -0.39 is 17.6 Å². The fourth-order valence-corrected chi connectivity index (χ4v) is 2.08. The van der Waals surface area contributed by atoms with Gasteiger partial charge in [0.25, 0.3) is 5.91 Å². The highest BCUT2D eigenvalue weighted by molar-refractivity contribution is 7.13. The lowest BCUT2D eigenvalue weighted by atomic mass is 10.2. The maximum Gasteiger partial charge on any atom is 0.416 e. The quantitative estimate of drug-likeness (QED) is 0.887. The normalized spacial score (nSPS) is 11.4. The standard InChI is InChI=1S/C11H7ClF3N3OS/c12-6-2-1-5(11(13,14)15)3-7(6)17-9(19)8-4-20-10(16)18-8/h1-4H,(H2,16,18)(H,17,19). The Morgan fingerprint density at radius 1 is 1.40 bits per heavy atom. The average molecular weight is 322 g/mol. The Kier molecular flexibility index (Phi) is 3.87. The number of anilines is 2. The van der Waals surface area contributed by atoms with Crippen molar-refractivity contribution in [2.45, 2.75) is 6.18 Å². The predicted octanol–water partition coefficient (Wildman–Crippen LogP) is 3.65. The molecular formula is C11H7ClF3N3OS. The number of nitrogens with two attached hydrogens (primary N) is 1. The second-order valence-electron chi connectivity index (χ2n) is 3.72. The molecule has 0 atom stereocenters. The van der Waals surface area contributed by atoms with Crippen molar-refractivity contribution >= 4 is 39.7 Å². The molecule has 1 aromatic heterocycles. The summed E-state index contributed by atoms with van der Waals surface area (Å²) < 4.78 is 37.7. The molecule has 0 unspecified atom stereocenters. The average Bonchev–Trinajstić information content (AvgIpc) is 2.77. The van der Waals surface area contributed by atoms with E-state index in [0.717, 1.165) is 29.5 Å². The molecule has 0 aliphatic carbocycles. The van der Waals surface area contributed by atoms with Crippen LogP contribution in [0.15, 0.2) is 23.6 Å². The molecule has 1 heterocycles. The van der Waals surface area contributed by atoms with Crippen LogP contribution < -0.4 is 11.1 Å². The van der Waals surface area contributed by atoms with Crippen molar-refractivity contribution in [3.05, 3.63) is 39.9 Å². The molecule has 0 radical (unpaired) electrons. The minimum Gasteiger partial charge on any atom is -0.375 e. The van der Waals surface area contributed by atoms with E-state index in [4.69, 9.17) is 17.3 Å². The topological polar surface area (TPSA) is 68.0 Å². The third-order valence-corrected chi connectivity index (χ3v) is 3.30. The third-order valence-electron chi connectivity index (χ3n) is 2.30. The molecule has 2 rings (SSSR count). The molecule has 0 fully saturated rings. The van der Waals surface area contributed by atoms with Gasteiger partial charge in [-0.15, -0.1) is 11.3 Å². The molecular weight excluding hydrogens is 315 g/mol. The highest BCUT2D eigenvalue weighted by Gasteiger charge is 2.31. The van der Waals surface area contributed by atoms with Gasteiger partial charge in [0.2, 0.25) is 0 Å². The van der Waals surface area contributed by atoms with Crippen molar-refractivity contribution < 1.29 is 18.0 Å². The summed E-state index contributed by atoms with van der Waals surface area (Å²) in [6.07, 6.45) is -4.52. The van der Waals surface area contributed by atoms with Crippen LogP contribution in [0.5, 0.6) is 0 Å². The second-order valence-corrected chi connectivity index (χ2v) is 5.01. The Bertz CT molecular complexity index is 657. The molecule has 4 nitrogen and oxygen atoms in total. The van der Waals surface area contributed by atoms with Crippen molar-refractivity contribution in [2.24, 2.45) is 0 Å². The molecule has 0 aliphatic heterocycles. The summed E-state index contributed by atoms with van der Waals surface area (Å²) in [7, 11) is 0. The zero-order valence-electron chi connectivity index (χ0n) is 9.66. The number of alkyl halides is 3. The van der Waals surface area contributed by atoms with Crippen LogP contribution in [0.2, 0.25) is 5.02 Å². The number of aromatic nitrogens is 1. The smallest absolute Gasteiger partial charge is 0.375 e. The van der Waals surface area contributed by atoms with Crippen molar-refractivity contribution in [1.82, 2.24) is 4.98 Å². The van der Waals surface area contributed by atoms with Crippen LogP contribution in [0.3, 0.4) is 0 Å². The number of nitrogens with zero attached hydrogens (tertiary/aromatic N) is 1. The number of hydrogen-bond acceptors (Lipinski definition) is 4. The summed E-state index contributed by atoms with van der Waals surface area (Å²) in [5.74, 6) is -0.681. The molecule has 0 bridgehead atoms. The van der Waals surface area contributed by atoms with E-state index in [9.17, 15) is 18.0 Å². The van der Waals surface area contributed by atoms with E-state index in [1.807, 2.05) is 0 Å². The van der Waals surface area contributed by atoms with Crippen LogP contribution in [0, 0.1) is 0 Å². The van der Waals surface area contributed by atoms with Crippen LogP contribution in [0.4, 0.5) is 24.0 Å². The predicted molar refractivity (Wildman–Crippen MR) is 70.9 cm³/mol. The van der Waals surface area contributed by atoms with Crippen LogP contribution >= 0.6 is 22.9 Å². The van der Waals surface area contributed by atoms with Crippen LogP contribution in [-0.4, -0.2) is 10.9 Å². The molecule has 1 amide bonds.